The fraction of sp³-hybridized carbons (Fsp3) is 0.263. The molecule has 0 heterocycles. The number of aliphatic carboxylic acids is 1. The summed E-state index contributed by atoms with van der Waals surface area (Å²) < 4.78 is 5.74. The first kappa shape index (κ1) is 20.1. The molecule has 2 N–H and O–H groups in total. The molecule has 0 radical (unpaired) electrons. The average molecular weight is 396 g/mol. The molecule has 0 aromatic heterocycles. The highest BCUT2D eigenvalue weighted by molar-refractivity contribution is 6.35. The molecule has 0 fully saturated rings. The van der Waals surface area contributed by atoms with Gasteiger partial charge in [-0.25, -0.2) is 0 Å². The third kappa shape index (κ3) is 5.38. The van der Waals surface area contributed by atoms with Gasteiger partial charge in [-0.15, -0.1) is 0 Å². The average Bonchev–Trinajstić information content (AvgIpc) is 2.57. The van der Waals surface area contributed by atoms with Gasteiger partial charge in [0.05, 0.1) is 22.0 Å². The van der Waals surface area contributed by atoms with Crippen LogP contribution in [0.25, 0.3) is 0 Å². The predicted octanol–water partition coefficient (Wildman–Crippen LogP) is 4.80. The van der Waals surface area contributed by atoms with Crippen LogP contribution >= 0.6 is 23.2 Å². The molecule has 0 saturated carbocycles. The van der Waals surface area contributed by atoms with Gasteiger partial charge < -0.3 is 15.2 Å². The van der Waals surface area contributed by atoms with Crippen LogP contribution in [0.15, 0.2) is 36.4 Å². The zero-order valence-electron chi connectivity index (χ0n) is 14.4. The first-order valence-corrected chi connectivity index (χ1v) is 8.78. The first-order chi connectivity index (χ1) is 12.3. The molecule has 0 unspecified atom stereocenters. The van der Waals surface area contributed by atoms with Crippen LogP contribution in [0.3, 0.4) is 0 Å². The number of carboxylic acid groups (broad SMARTS) is 1. The van der Waals surface area contributed by atoms with Crippen molar-refractivity contribution >= 4 is 35.1 Å². The summed E-state index contributed by atoms with van der Waals surface area (Å²) in [5.74, 6) is -0.404. The van der Waals surface area contributed by atoms with Crippen molar-refractivity contribution in [2.24, 2.45) is 5.92 Å². The maximum Gasteiger partial charge on any atom is 0.307 e. The molecule has 7 heteroatoms. The Labute approximate surface area is 161 Å². The summed E-state index contributed by atoms with van der Waals surface area (Å²) in [7, 11) is 0. The van der Waals surface area contributed by atoms with Gasteiger partial charge >= 0.3 is 5.97 Å². The van der Waals surface area contributed by atoms with Crippen molar-refractivity contribution in [3.05, 3.63) is 57.6 Å². The van der Waals surface area contributed by atoms with E-state index in [2.05, 4.69) is 5.32 Å². The monoisotopic (exact) mass is 395 g/mol. The van der Waals surface area contributed by atoms with E-state index < -0.39 is 5.97 Å². The number of nitrogens with one attached hydrogen (secondary N) is 1. The van der Waals surface area contributed by atoms with Crippen LogP contribution in [-0.2, 0) is 11.2 Å². The van der Waals surface area contributed by atoms with Crippen molar-refractivity contribution < 1.29 is 19.4 Å². The minimum Gasteiger partial charge on any atom is -0.481 e. The number of ether oxygens (including phenoxy) is 1. The fourth-order valence-corrected chi connectivity index (χ4v) is 2.59. The molecule has 2 aromatic carbocycles. The van der Waals surface area contributed by atoms with Gasteiger partial charge in [-0.2, -0.15) is 0 Å². The van der Waals surface area contributed by atoms with Gasteiger partial charge in [-0.1, -0.05) is 49.2 Å². The van der Waals surface area contributed by atoms with Crippen molar-refractivity contribution in [1.29, 1.82) is 0 Å². The molecule has 2 rings (SSSR count). The predicted molar refractivity (Wildman–Crippen MR) is 101 cm³/mol. The number of amides is 1. The lowest BCUT2D eigenvalue weighted by Crippen LogP contribution is -2.27. The van der Waals surface area contributed by atoms with E-state index in [1.807, 2.05) is 13.8 Å². The van der Waals surface area contributed by atoms with Gasteiger partial charge in [0, 0.05) is 6.54 Å². The normalized spacial score (nSPS) is 10.7. The van der Waals surface area contributed by atoms with E-state index in [-0.39, 0.29) is 28.8 Å². The van der Waals surface area contributed by atoms with Crippen LogP contribution in [0.2, 0.25) is 10.0 Å². The molecule has 0 aliphatic heterocycles. The topological polar surface area (TPSA) is 75.6 Å². The lowest BCUT2D eigenvalue weighted by Gasteiger charge is -2.13. The smallest absolute Gasteiger partial charge is 0.307 e. The van der Waals surface area contributed by atoms with Crippen LogP contribution in [0.4, 0.5) is 0 Å². The van der Waals surface area contributed by atoms with Gasteiger partial charge in [0.15, 0.2) is 0 Å². The summed E-state index contributed by atoms with van der Waals surface area (Å²) in [4.78, 5) is 23.1. The number of carbonyl (C=O) groups excluding carboxylic acids is 1. The number of halogens is 2. The minimum absolute atomic E-state index is 0.154. The fourth-order valence-electron chi connectivity index (χ4n) is 2.19. The molecule has 0 aliphatic rings. The molecule has 0 aliphatic carbocycles. The molecule has 26 heavy (non-hydrogen) atoms. The van der Waals surface area contributed by atoms with Gasteiger partial charge in [0.2, 0.25) is 0 Å². The largest absolute Gasteiger partial charge is 0.481 e. The van der Waals surface area contributed by atoms with E-state index >= 15 is 0 Å². The van der Waals surface area contributed by atoms with E-state index in [1.165, 1.54) is 6.07 Å². The Morgan fingerprint density at radius 1 is 1.15 bits per heavy atom. The number of carbonyl (C=O) groups is 2. The van der Waals surface area contributed by atoms with E-state index in [1.54, 1.807) is 30.3 Å². The second-order valence-corrected chi connectivity index (χ2v) is 6.94. The molecule has 0 bridgehead atoms. The van der Waals surface area contributed by atoms with Crippen molar-refractivity contribution in [1.82, 2.24) is 5.32 Å². The second-order valence-electron chi connectivity index (χ2n) is 6.16. The molecule has 0 spiro atoms. The molecule has 138 valence electrons. The summed E-state index contributed by atoms with van der Waals surface area (Å²) in [6, 6.07) is 9.58. The van der Waals surface area contributed by atoms with Crippen LogP contribution in [0, 0.1) is 5.92 Å². The highest BCUT2D eigenvalue weighted by Crippen LogP contribution is 2.35. The highest BCUT2D eigenvalue weighted by Gasteiger charge is 2.16. The Balaban J connectivity index is 2.26. The number of hydrogen-bond donors (Lipinski definition) is 2. The molecule has 5 nitrogen and oxygen atoms in total. The standard InChI is InChI=1S/C19H19Cl2NO4/c1-11(2)10-22-19(25)13-4-3-5-15(18(13)21)26-16-8-12(9-17(23)24)6-7-14(16)20/h3-8,11H,9-10H2,1-2H3,(H,22,25)(H,23,24). The van der Waals surface area contributed by atoms with Gasteiger partial charge in [0.25, 0.3) is 5.91 Å². The van der Waals surface area contributed by atoms with E-state index in [4.69, 9.17) is 33.0 Å². The van der Waals surface area contributed by atoms with E-state index in [0.29, 0.717) is 28.6 Å². The minimum atomic E-state index is -0.958. The van der Waals surface area contributed by atoms with Crippen LogP contribution < -0.4 is 10.1 Å². The van der Waals surface area contributed by atoms with Crippen LogP contribution in [0.5, 0.6) is 11.5 Å². The molecular formula is C19H19Cl2NO4. The summed E-state index contributed by atoms with van der Waals surface area (Å²) in [5.41, 5.74) is 0.835. The molecular weight excluding hydrogens is 377 g/mol. The first-order valence-electron chi connectivity index (χ1n) is 8.02. The van der Waals surface area contributed by atoms with Gasteiger partial charge in [-0.3, -0.25) is 9.59 Å². The van der Waals surface area contributed by atoms with Gasteiger partial charge in [0.1, 0.15) is 11.5 Å². The Morgan fingerprint density at radius 2 is 1.88 bits per heavy atom. The maximum atomic E-state index is 12.3. The Kier molecular flexibility index (Phi) is 6.89. The number of hydrogen-bond acceptors (Lipinski definition) is 3. The summed E-state index contributed by atoms with van der Waals surface area (Å²) in [6.45, 7) is 4.52. The van der Waals surface area contributed by atoms with Crippen molar-refractivity contribution in [3.8, 4) is 11.5 Å². The third-order valence-electron chi connectivity index (χ3n) is 3.45. The zero-order valence-corrected chi connectivity index (χ0v) is 15.9. The van der Waals surface area contributed by atoms with Crippen molar-refractivity contribution in [3.63, 3.8) is 0 Å². The molecule has 1 amide bonds. The third-order valence-corrected chi connectivity index (χ3v) is 4.15. The Hall–Kier alpha value is -2.24. The quantitative estimate of drug-likeness (QED) is 0.705. The number of rotatable bonds is 7. The van der Waals surface area contributed by atoms with Crippen molar-refractivity contribution in [2.45, 2.75) is 20.3 Å². The Morgan fingerprint density at radius 3 is 2.54 bits per heavy atom. The Bertz CT molecular complexity index is 821. The second kappa shape index (κ2) is 8.92. The van der Waals surface area contributed by atoms with Crippen LogP contribution in [0.1, 0.15) is 29.8 Å². The summed E-state index contributed by atoms with van der Waals surface area (Å²) in [6.07, 6.45) is -0.154. The highest BCUT2D eigenvalue weighted by atomic mass is 35.5. The SMILES string of the molecule is CC(C)CNC(=O)c1cccc(Oc2cc(CC(=O)O)ccc2Cl)c1Cl. The van der Waals surface area contributed by atoms with Crippen LogP contribution in [-0.4, -0.2) is 23.5 Å². The van der Waals surface area contributed by atoms with E-state index in [9.17, 15) is 9.59 Å². The van der Waals surface area contributed by atoms with E-state index in [0.717, 1.165) is 0 Å². The van der Waals surface area contributed by atoms with Gasteiger partial charge in [-0.05, 0) is 35.7 Å². The number of benzene rings is 2. The summed E-state index contributed by atoms with van der Waals surface area (Å²) in [5, 5.41) is 12.2. The lowest BCUT2D eigenvalue weighted by atomic mass is 10.1. The summed E-state index contributed by atoms with van der Waals surface area (Å²) >= 11 is 12.4. The maximum absolute atomic E-state index is 12.3. The lowest BCUT2D eigenvalue weighted by molar-refractivity contribution is -0.136. The zero-order chi connectivity index (χ0) is 19.3. The molecule has 0 saturated heterocycles. The van der Waals surface area contributed by atoms with Crippen molar-refractivity contribution in [2.75, 3.05) is 6.54 Å². The molecule has 0 atom stereocenters. The number of carboxylic acids is 1. The molecule has 2 aromatic rings.